The highest BCUT2D eigenvalue weighted by molar-refractivity contribution is 5.76. The Kier molecular flexibility index (Phi) is 6.05. The van der Waals surface area contributed by atoms with Crippen LogP contribution in [0.1, 0.15) is 31.2 Å². The predicted molar refractivity (Wildman–Crippen MR) is 82.5 cm³/mol. The maximum atomic E-state index is 12.1. The van der Waals surface area contributed by atoms with Crippen molar-refractivity contribution in [2.24, 2.45) is 0 Å². The number of hydrogen-bond donors (Lipinski definition) is 0. The van der Waals surface area contributed by atoms with Gasteiger partial charge in [0.1, 0.15) is 5.75 Å². The molecule has 0 atom stereocenters. The van der Waals surface area contributed by atoms with E-state index in [0.29, 0.717) is 19.1 Å². The lowest BCUT2D eigenvalue weighted by molar-refractivity contribution is -0.133. The van der Waals surface area contributed by atoms with Gasteiger partial charge in [-0.1, -0.05) is 12.1 Å². The van der Waals surface area contributed by atoms with Crippen LogP contribution in [0.4, 0.5) is 0 Å². The number of carbonyl (C=O) groups excluding carboxylic acids is 1. The Morgan fingerprint density at radius 2 is 2.10 bits per heavy atom. The summed E-state index contributed by atoms with van der Waals surface area (Å²) in [6.07, 6.45) is 3.53. The van der Waals surface area contributed by atoms with Crippen molar-refractivity contribution in [1.29, 1.82) is 0 Å². The Bertz CT molecular complexity index is 453. The van der Waals surface area contributed by atoms with Gasteiger partial charge in [-0.05, 0) is 43.9 Å². The van der Waals surface area contributed by atoms with Gasteiger partial charge in [0.05, 0.1) is 12.7 Å². The van der Waals surface area contributed by atoms with Crippen LogP contribution in [-0.4, -0.2) is 43.7 Å². The molecule has 0 aromatic heterocycles. The molecule has 1 heterocycles. The zero-order valence-corrected chi connectivity index (χ0v) is 13.0. The van der Waals surface area contributed by atoms with Crippen molar-refractivity contribution in [3.8, 4) is 5.75 Å². The summed E-state index contributed by atoms with van der Waals surface area (Å²) in [7, 11) is 1.74. The number of carbonyl (C=O) groups is 1. The summed E-state index contributed by atoms with van der Waals surface area (Å²) in [5.74, 6) is 1.11. The van der Waals surface area contributed by atoms with Crippen molar-refractivity contribution in [1.82, 2.24) is 4.90 Å². The molecule has 2 rings (SSSR count). The summed E-state index contributed by atoms with van der Waals surface area (Å²) in [4.78, 5) is 14.0. The first-order valence-electron chi connectivity index (χ1n) is 7.69. The van der Waals surface area contributed by atoms with Crippen LogP contribution < -0.4 is 4.74 Å². The first kappa shape index (κ1) is 15.8. The molecule has 0 unspecified atom stereocenters. The Hall–Kier alpha value is -1.55. The standard InChI is InChI=1S/C17H25NO3/c1-14-5-3-6-16(13-14)21-12-4-7-17(19)18-10-8-15(20-2)9-11-18/h3,5-6,13,15H,4,7-12H2,1-2H3. The number of likely N-dealkylation sites (tertiary alicyclic amines) is 1. The van der Waals surface area contributed by atoms with Crippen LogP contribution in [0, 0.1) is 6.92 Å². The molecular formula is C17H25NO3. The number of nitrogens with zero attached hydrogens (tertiary/aromatic N) is 1. The quantitative estimate of drug-likeness (QED) is 0.757. The van der Waals surface area contributed by atoms with Gasteiger partial charge in [0.25, 0.3) is 0 Å². The molecule has 4 nitrogen and oxygen atoms in total. The Labute approximate surface area is 127 Å². The molecule has 0 N–H and O–H groups in total. The van der Waals surface area contributed by atoms with Crippen LogP contribution >= 0.6 is 0 Å². The number of piperidine rings is 1. The van der Waals surface area contributed by atoms with Gasteiger partial charge in [-0.3, -0.25) is 4.79 Å². The largest absolute Gasteiger partial charge is 0.494 e. The lowest BCUT2D eigenvalue weighted by Gasteiger charge is -2.31. The molecule has 1 aromatic carbocycles. The van der Waals surface area contributed by atoms with E-state index in [1.165, 1.54) is 5.56 Å². The van der Waals surface area contributed by atoms with E-state index in [-0.39, 0.29) is 5.91 Å². The molecule has 0 bridgehead atoms. The van der Waals surface area contributed by atoms with Crippen molar-refractivity contribution in [2.75, 3.05) is 26.8 Å². The van der Waals surface area contributed by atoms with Gasteiger partial charge in [-0.25, -0.2) is 0 Å². The summed E-state index contributed by atoms with van der Waals surface area (Å²) in [5.41, 5.74) is 1.18. The fourth-order valence-electron chi connectivity index (χ4n) is 2.62. The Morgan fingerprint density at radius 3 is 2.76 bits per heavy atom. The highest BCUT2D eigenvalue weighted by Crippen LogP contribution is 2.15. The monoisotopic (exact) mass is 291 g/mol. The first-order valence-corrected chi connectivity index (χ1v) is 7.69. The van der Waals surface area contributed by atoms with Gasteiger partial charge >= 0.3 is 0 Å². The summed E-state index contributed by atoms with van der Waals surface area (Å²) >= 11 is 0. The summed E-state index contributed by atoms with van der Waals surface area (Å²) in [5, 5.41) is 0. The van der Waals surface area contributed by atoms with Crippen LogP contribution in [0.5, 0.6) is 5.75 Å². The number of amides is 1. The second-order valence-corrected chi connectivity index (χ2v) is 5.58. The molecule has 21 heavy (non-hydrogen) atoms. The van der Waals surface area contributed by atoms with Crippen molar-refractivity contribution in [3.63, 3.8) is 0 Å². The number of rotatable bonds is 6. The van der Waals surface area contributed by atoms with E-state index in [4.69, 9.17) is 9.47 Å². The van der Waals surface area contributed by atoms with E-state index >= 15 is 0 Å². The fraction of sp³-hybridized carbons (Fsp3) is 0.588. The summed E-state index contributed by atoms with van der Waals surface area (Å²) < 4.78 is 11.0. The molecule has 1 fully saturated rings. The molecule has 4 heteroatoms. The lowest BCUT2D eigenvalue weighted by Crippen LogP contribution is -2.40. The molecule has 1 aliphatic heterocycles. The third-order valence-corrected chi connectivity index (χ3v) is 3.92. The summed E-state index contributed by atoms with van der Waals surface area (Å²) in [6.45, 7) is 4.26. The minimum absolute atomic E-state index is 0.234. The molecule has 1 saturated heterocycles. The molecule has 0 spiro atoms. The van der Waals surface area contributed by atoms with Gasteiger partial charge in [0.2, 0.25) is 5.91 Å². The Balaban J connectivity index is 1.63. The third kappa shape index (κ3) is 5.05. The van der Waals surface area contributed by atoms with E-state index < -0.39 is 0 Å². The topological polar surface area (TPSA) is 38.8 Å². The maximum absolute atomic E-state index is 12.1. The van der Waals surface area contributed by atoms with E-state index in [1.807, 2.05) is 36.1 Å². The van der Waals surface area contributed by atoms with Crippen LogP contribution in [-0.2, 0) is 9.53 Å². The van der Waals surface area contributed by atoms with Gasteiger partial charge in [0.15, 0.2) is 0 Å². The smallest absolute Gasteiger partial charge is 0.222 e. The van der Waals surface area contributed by atoms with E-state index in [0.717, 1.165) is 38.1 Å². The number of aryl methyl sites for hydroxylation is 1. The van der Waals surface area contributed by atoms with E-state index in [2.05, 4.69) is 0 Å². The second kappa shape index (κ2) is 8.03. The number of benzene rings is 1. The zero-order valence-electron chi connectivity index (χ0n) is 13.0. The maximum Gasteiger partial charge on any atom is 0.222 e. The molecule has 1 aromatic rings. The Morgan fingerprint density at radius 1 is 1.33 bits per heavy atom. The van der Waals surface area contributed by atoms with Crippen molar-refractivity contribution < 1.29 is 14.3 Å². The average molecular weight is 291 g/mol. The molecule has 0 saturated carbocycles. The lowest BCUT2D eigenvalue weighted by atomic mass is 10.1. The average Bonchev–Trinajstić information content (AvgIpc) is 2.51. The van der Waals surface area contributed by atoms with E-state index in [1.54, 1.807) is 7.11 Å². The zero-order chi connectivity index (χ0) is 15.1. The first-order chi connectivity index (χ1) is 10.2. The predicted octanol–water partition coefficient (Wildman–Crippen LogP) is 2.79. The summed E-state index contributed by atoms with van der Waals surface area (Å²) in [6, 6.07) is 7.98. The van der Waals surface area contributed by atoms with Gasteiger partial charge in [-0.2, -0.15) is 0 Å². The van der Waals surface area contributed by atoms with Crippen LogP contribution in [0.15, 0.2) is 24.3 Å². The molecule has 0 radical (unpaired) electrons. The van der Waals surface area contributed by atoms with Crippen LogP contribution in [0.25, 0.3) is 0 Å². The van der Waals surface area contributed by atoms with Gasteiger partial charge < -0.3 is 14.4 Å². The number of hydrogen-bond acceptors (Lipinski definition) is 3. The molecule has 116 valence electrons. The third-order valence-electron chi connectivity index (χ3n) is 3.92. The van der Waals surface area contributed by atoms with Crippen LogP contribution in [0.3, 0.4) is 0 Å². The fourth-order valence-corrected chi connectivity index (χ4v) is 2.62. The molecule has 1 aliphatic rings. The van der Waals surface area contributed by atoms with E-state index in [9.17, 15) is 4.79 Å². The number of methoxy groups -OCH3 is 1. The SMILES string of the molecule is COC1CCN(C(=O)CCCOc2cccc(C)c2)CC1. The van der Waals surface area contributed by atoms with Gasteiger partial charge in [0, 0.05) is 26.6 Å². The van der Waals surface area contributed by atoms with Crippen molar-refractivity contribution in [3.05, 3.63) is 29.8 Å². The van der Waals surface area contributed by atoms with Gasteiger partial charge in [-0.15, -0.1) is 0 Å². The molecule has 0 aliphatic carbocycles. The molecule has 1 amide bonds. The van der Waals surface area contributed by atoms with Crippen molar-refractivity contribution >= 4 is 5.91 Å². The minimum atomic E-state index is 0.234. The number of ether oxygens (including phenoxy) is 2. The minimum Gasteiger partial charge on any atom is -0.494 e. The highest BCUT2D eigenvalue weighted by atomic mass is 16.5. The van der Waals surface area contributed by atoms with Crippen molar-refractivity contribution in [2.45, 2.75) is 38.7 Å². The molecular weight excluding hydrogens is 266 g/mol. The second-order valence-electron chi connectivity index (χ2n) is 5.58. The van der Waals surface area contributed by atoms with Crippen LogP contribution in [0.2, 0.25) is 0 Å². The highest BCUT2D eigenvalue weighted by Gasteiger charge is 2.21. The normalized spacial score (nSPS) is 16.0.